The number of nitrogens with one attached hydrogen (secondary N) is 3. The van der Waals surface area contributed by atoms with E-state index >= 15 is 0 Å². The van der Waals surface area contributed by atoms with Gasteiger partial charge in [0.2, 0.25) is 0 Å². The normalized spacial score (nSPS) is 10.2. The van der Waals surface area contributed by atoms with Crippen molar-refractivity contribution in [3.63, 3.8) is 0 Å². The zero-order valence-electron chi connectivity index (χ0n) is 13.7. The van der Waals surface area contributed by atoms with Crippen LogP contribution in [-0.4, -0.2) is 11.9 Å². The van der Waals surface area contributed by atoms with Crippen molar-refractivity contribution in [1.82, 2.24) is 5.32 Å². The number of benzene rings is 2. The van der Waals surface area contributed by atoms with Gasteiger partial charge in [0.25, 0.3) is 5.91 Å². The Labute approximate surface area is 155 Å². The monoisotopic (exact) mass is 369 g/mol. The van der Waals surface area contributed by atoms with E-state index in [9.17, 15) is 9.59 Å². The molecule has 1 aromatic heterocycles. The molecule has 26 heavy (non-hydrogen) atoms. The minimum absolute atomic E-state index is 0.261. The van der Waals surface area contributed by atoms with Crippen LogP contribution in [0.5, 0.6) is 0 Å². The summed E-state index contributed by atoms with van der Waals surface area (Å²) < 4.78 is 5.17. The molecule has 2 aromatic carbocycles. The summed E-state index contributed by atoms with van der Waals surface area (Å²) in [5, 5.41) is 8.72. The first-order chi connectivity index (χ1) is 12.6. The molecule has 0 radical (unpaired) electrons. The molecule has 6 nitrogen and oxygen atoms in total. The Bertz CT molecular complexity index is 893. The Morgan fingerprint density at radius 3 is 2.42 bits per heavy atom. The van der Waals surface area contributed by atoms with Crippen molar-refractivity contribution in [2.45, 2.75) is 6.54 Å². The van der Waals surface area contributed by atoms with Crippen LogP contribution in [0.25, 0.3) is 0 Å². The highest BCUT2D eigenvalue weighted by atomic mass is 35.5. The second-order valence-corrected chi connectivity index (χ2v) is 5.87. The van der Waals surface area contributed by atoms with Crippen LogP contribution < -0.4 is 16.0 Å². The lowest BCUT2D eigenvalue weighted by atomic mass is 10.2. The van der Waals surface area contributed by atoms with Crippen LogP contribution in [-0.2, 0) is 6.54 Å². The fourth-order valence-electron chi connectivity index (χ4n) is 2.25. The molecule has 0 saturated heterocycles. The number of hydrogen-bond donors (Lipinski definition) is 3. The second-order valence-electron chi connectivity index (χ2n) is 5.43. The Kier molecular flexibility index (Phi) is 5.56. The van der Waals surface area contributed by atoms with E-state index in [-0.39, 0.29) is 5.91 Å². The Hall–Kier alpha value is -3.25. The second kappa shape index (κ2) is 8.22. The number of urea groups is 1. The van der Waals surface area contributed by atoms with Gasteiger partial charge >= 0.3 is 6.03 Å². The molecule has 3 N–H and O–H groups in total. The predicted octanol–water partition coefficient (Wildman–Crippen LogP) is 4.51. The number of anilines is 2. The maximum atomic E-state index is 12.2. The van der Waals surface area contributed by atoms with Gasteiger partial charge in [-0.15, -0.1) is 0 Å². The Balaban J connectivity index is 1.58. The molecule has 3 aromatic rings. The van der Waals surface area contributed by atoms with Gasteiger partial charge in [-0.3, -0.25) is 4.79 Å². The lowest BCUT2D eigenvalue weighted by Crippen LogP contribution is -2.23. The highest BCUT2D eigenvalue weighted by molar-refractivity contribution is 6.30. The van der Waals surface area contributed by atoms with Crippen molar-refractivity contribution in [3.05, 3.63) is 83.3 Å². The van der Waals surface area contributed by atoms with Crippen molar-refractivity contribution in [3.8, 4) is 0 Å². The third-order valence-corrected chi connectivity index (χ3v) is 3.74. The largest absolute Gasteiger partial charge is 0.467 e. The first-order valence-electron chi connectivity index (χ1n) is 7.84. The van der Waals surface area contributed by atoms with E-state index < -0.39 is 6.03 Å². The highest BCUT2D eigenvalue weighted by Gasteiger charge is 2.09. The molecule has 1 heterocycles. The van der Waals surface area contributed by atoms with Crippen molar-refractivity contribution in [2.24, 2.45) is 0 Å². The maximum Gasteiger partial charge on any atom is 0.323 e. The Morgan fingerprint density at radius 1 is 0.923 bits per heavy atom. The molecule has 0 aliphatic carbocycles. The number of carbonyl (C=O) groups is 2. The van der Waals surface area contributed by atoms with E-state index in [0.717, 1.165) is 0 Å². The van der Waals surface area contributed by atoms with Crippen molar-refractivity contribution in [1.29, 1.82) is 0 Å². The smallest absolute Gasteiger partial charge is 0.323 e. The average Bonchev–Trinajstić information content (AvgIpc) is 3.15. The molecule has 0 aliphatic heterocycles. The molecule has 0 spiro atoms. The van der Waals surface area contributed by atoms with Gasteiger partial charge in [0.1, 0.15) is 5.76 Å². The van der Waals surface area contributed by atoms with E-state index in [1.54, 1.807) is 66.9 Å². The molecule has 132 valence electrons. The summed E-state index contributed by atoms with van der Waals surface area (Å²) in [4.78, 5) is 24.3. The standard InChI is InChI=1S/C19H16ClN3O3/c20-14-6-8-15(9-7-14)22-19(25)23-16-4-1-3-13(11-16)18(24)21-12-17-5-2-10-26-17/h1-11H,12H2,(H,21,24)(H2,22,23,25). The third kappa shape index (κ3) is 4.87. The van der Waals surface area contributed by atoms with Gasteiger partial charge in [0.05, 0.1) is 12.8 Å². The zero-order chi connectivity index (χ0) is 18.4. The minimum atomic E-state index is -0.416. The molecule has 7 heteroatoms. The average molecular weight is 370 g/mol. The molecule has 3 amide bonds. The highest BCUT2D eigenvalue weighted by Crippen LogP contribution is 2.15. The lowest BCUT2D eigenvalue weighted by molar-refractivity contribution is 0.0948. The lowest BCUT2D eigenvalue weighted by Gasteiger charge is -2.09. The molecular formula is C19H16ClN3O3. The SMILES string of the molecule is O=C(Nc1ccc(Cl)cc1)Nc1cccc(C(=O)NCc2ccco2)c1. The predicted molar refractivity (Wildman–Crippen MR) is 100 cm³/mol. The number of hydrogen-bond acceptors (Lipinski definition) is 3. The summed E-state index contributed by atoms with van der Waals surface area (Å²) in [7, 11) is 0. The van der Waals surface area contributed by atoms with Crippen LogP contribution in [0.15, 0.2) is 71.3 Å². The van der Waals surface area contributed by atoms with Gasteiger partial charge < -0.3 is 20.4 Å². The van der Waals surface area contributed by atoms with Gasteiger partial charge in [0, 0.05) is 22.0 Å². The topological polar surface area (TPSA) is 83.4 Å². The molecule has 0 saturated carbocycles. The van der Waals surface area contributed by atoms with E-state index in [1.807, 2.05) is 0 Å². The zero-order valence-corrected chi connectivity index (χ0v) is 14.4. The van der Waals surface area contributed by atoms with Crippen LogP contribution >= 0.6 is 11.6 Å². The quantitative estimate of drug-likeness (QED) is 0.618. The molecule has 0 unspecified atom stereocenters. The molecule has 0 bridgehead atoms. The van der Waals surface area contributed by atoms with Crippen LogP contribution in [0.1, 0.15) is 16.1 Å². The summed E-state index contributed by atoms with van der Waals surface area (Å²) in [6.45, 7) is 0.292. The Morgan fingerprint density at radius 2 is 1.69 bits per heavy atom. The number of amides is 3. The maximum absolute atomic E-state index is 12.2. The van der Waals surface area contributed by atoms with E-state index in [4.69, 9.17) is 16.0 Å². The van der Waals surface area contributed by atoms with Crippen LogP contribution in [0.2, 0.25) is 5.02 Å². The van der Waals surface area contributed by atoms with Crippen LogP contribution in [0.3, 0.4) is 0 Å². The number of furan rings is 1. The number of rotatable bonds is 5. The van der Waals surface area contributed by atoms with Gasteiger partial charge in [-0.2, -0.15) is 0 Å². The van der Waals surface area contributed by atoms with Gasteiger partial charge in [-0.1, -0.05) is 17.7 Å². The molecule has 3 rings (SSSR count). The molecular weight excluding hydrogens is 354 g/mol. The molecule has 0 aliphatic rings. The first kappa shape index (κ1) is 17.6. The molecule has 0 atom stereocenters. The third-order valence-electron chi connectivity index (χ3n) is 3.49. The summed E-state index contributed by atoms with van der Waals surface area (Å²) in [5.74, 6) is 0.401. The minimum Gasteiger partial charge on any atom is -0.467 e. The van der Waals surface area contributed by atoms with Gasteiger partial charge in [0.15, 0.2) is 0 Å². The number of halogens is 1. The van der Waals surface area contributed by atoms with E-state index in [2.05, 4.69) is 16.0 Å². The van der Waals surface area contributed by atoms with Crippen LogP contribution in [0.4, 0.5) is 16.2 Å². The fourth-order valence-corrected chi connectivity index (χ4v) is 2.37. The van der Waals surface area contributed by atoms with Crippen molar-refractivity contribution >= 4 is 34.9 Å². The van der Waals surface area contributed by atoms with Crippen molar-refractivity contribution < 1.29 is 14.0 Å². The number of carbonyl (C=O) groups excluding carboxylic acids is 2. The summed E-state index contributed by atoms with van der Waals surface area (Å²) in [6.07, 6.45) is 1.55. The van der Waals surface area contributed by atoms with Crippen molar-refractivity contribution in [2.75, 3.05) is 10.6 Å². The van der Waals surface area contributed by atoms with Gasteiger partial charge in [-0.25, -0.2) is 4.79 Å². The first-order valence-corrected chi connectivity index (χ1v) is 8.22. The molecule has 0 fully saturated rings. The van der Waals surface area contributed by atoms with E-state index in [1.165, 1.54) is 0 Å². The summed E-state index contributed by atoms with van der Waals surface area (Å²) in [6, 6.07) is 16.5. The van der Waals surface area contributed by atoms with Crippen LogP contribution in [0, 0.1) is 0 Å². The summed E-state index contributed by atoms with van der Waals surface area (Å²) >= 11 is 5.81. The fraction of sp³-hybridized carbons (Fsp3) is 0.0526. The summed E-state index contributed by atoms with van der Waals surface area (Å²) in [5.41, 5.74) is 1.54. The van der Waals surface area contributed by atoms with Gasteiger partial charge in [-0.05, 0) is 54.6 Å². The van der Waals surface area contributed by atoms with E-state index in [0.29, 0.717) is 34.3 Å².